The van der Waals surface area contributed by atoms with Gasteiger partial charge in [-0.05, 0) is 24.6 Å². The van der Waals surface area contributed by atoms with Gasteiger partial charge in [-0.1, -0.05) is 48.0 Å². The van der Waals surface area contributed by atoms with Crippen LogP contribution in [0.15, 0.2) is 59.5 Å². The summed E-state index contributed by atoms with van der Waals surface area (Å²) in [4.78, 5) is 0.701. The van der Waals surface area contributed by atoms with Gasteiger partial charge in [0.1, 0.15) is 4.71 Å². The summed E-state index contributed by atoms with van der Waals surface area (Å²) in [5.74, 6) is 0. The van der Waals surface area contributed by atoms with E-state index in [9.17, 15) is 4.21 Å². The predicted molar refractivity (Wildman–Crippen MR) is 82.3 cm³/mol. The lowest BCUT2D eigenvalue weighted by Gasteiger charge is -2.16. The van der Waals surface area contributed by atoms with Crippen molar-refractivity contribution in [3.05, 3.63) is 65.7 Å². The van der Waals surface area contributed by atoms with Crippen LogP contribution in [0.2, 0.25) is 0 Å². The first-order valence-electron chi connectivity index (χ1n) is 5.90. The molecule has 0 heterocycles. The minimum Gasteiger partial charge on any atom is -0.253 e. The number of alkyl halides is 2. The zero-order valence-electron chi connectivity index (χ0n) is 10.4. The molecule has 0 aliphatic rings. The van der Waals surface area contributed by atoms with Crippen LogP contribution in [-0.4, -0.2) is 8.92 Å². The molecule has 1 unspecified atom stereocenters. The number of hydrogen-bond acceptors (Lipinski definition) is 1. The summed E-state index contributed by atoms with van der Waals surface area (Å²) in [7, 11) is -1.33. The van der Waals surface area contributed by atoms with E-state index in [2.05, 4.69) is 0 Å². The average Bonchev–Trinajstić information content (AvgIpc) is 2.46. The molecule has 4 heteroatoms. The van der Waals surface area contributed by atoms with E-state index in [0.717, 1.165) is 11.1 Å². The predicted octanol–water partition coefficient (Wildman–Crippen LogP) is 4.65. The molecule has 0 aromatic heterocycles. The van der Waals surface area contributed by atoms with Crippen molar-refractivity contribution < 1.29 is 4.21 Å². The maximum atomic E-state index is 12.4. The fourth-order valence-electron chi connectivity index (χ4n) is 1.70. The topological polar surface area (TPSA) is 17.1 Å². The Kier molecular flexibility index (Phi) is 5.03. The van der Waals surface area contributed by atoms with Gasteiger partial charge in [-0.2, -0.15) is 0 Å². The van der Waals surface area contributed by atoms with E-state index >= 15 is 0 Å². The lowest BCUT2D eigenvalue weighted by atomic mass is 10.2. The first kappa shape index (κ1) is 14.6. The van der Waals surface area contributed by atoms with Crippen molar-refractivity contribution in [1.29, 1.82) is 0 Å². The summed E-state index contributed by atoms with van der Waals surface area (Å²) < 4.78 is 11.7. The van der Waals surface area contributed by atoms with E-state index in [1.54, 1.807) is 0 Å². The molecule has 19 heavy (non-hydrogen) atoms. The quantitative estimate of drug-likeness (QED) is 0.751. The molecule has 0 N–H and O–H groups in total. The van der Waals surface area contributed by atoms with Gasteiger partial charge in [-0.25, -0.2) is 0 Å². The lowest BCUT2D eigenvalue weighted by Crippen LogP contribution is -2.14. The van der Waals surface area contributed by atoms with Crippen LogP contribution in [0, 0.1) is 6.92 Å². The second-order valence-corrected chi connectivity index (χ2v) is 7.05. The Bertz CT molecular complexity index is 554. The summed E-state index contributed by atoms with van der Waals surface area (Å²) in [5.41, 5.74) is 2.00. The number of rotatable bonds is 4. The maximum Gasteiger partial charge on any atom is 0.134 e. The molecule has 3 atom stereocenters. The van der Waals surface area contributed by atoms with Crippen LogP contribution in [0.4, 0.5) is 0 Å². The molecule has 2 aromatic carbocycles. The van der Waals surface area contributed by atoms with Crippen LogP contribution in [0.25, 0.3) is 0 Å². The van der Waals surface area contributed by atoms with Gasteiger partial charge in [0.15, 0.2) is 0 Å². The van der Waals surface area contributed by atoms with Gasteiger partial charge in [0.2, 0.25) is 0 Å². The standard InChI is InChI=1S/C15H14Cl2OS/c1-11-7-9-13(10-8-11)19(18)15(17)14(16)12-5-3-2-4-6-12/h2-10,14-15H,1H3/t14-,15+,19?/m1/s1. The second-order valence-electron chi connectivity index (χ2n) is 4.27. The number of benzene rings is 2. The first-order valence-corrected chi connectivity index (χ1v) is 7.98. The van der Waals surface area contributed by atoms with Crippen molar-refractivity contribution in [2.24, 2.45) is 0 Å². The molecular weight excluding hydrogens is 299 g/mol. The van der Waals surface area contributed by atoms with Crippen molar-refractivity contribution in [1.82, 2.24) is 0 Å². The van der Waals surface area contributed by atoms with Gasteiger partial charge in [0, 0.05) is 4.90 Å². The van der Waals surface area contributed by atoms with E-state index < -0.39 is 20.9 Å². The monoisotopic (exact) mass is 312 g/mol. The van der Waals surface area contributed by atoms with Gasteiger partial charge in [-0.3, -0.25) is 4.21 Å². The van der Waals surface area contributed by atoms with E-state index in [1.165, 1.54) is 0 Å². The number of aryl methyl sites for hydroxylation is 1. The minimum atomic E-state index is -1.33. The van der Waals surface area contributed by atoms with E-state index in [4.69, 9.17) is 23.2 Å². The SMILES string of the molecule is Cc1ccc(S(=O)[C@H](Cl)[C@H](Cl)c2ccccc2)cc1. The van der Waals surface area contributed by atoms with E-state index in [1.807, 2.05) is 61.5 Å². The highest BCUT2D eigenvalue weighted by atomic mass is 35.5. The van der Waals surface area contributed by atoms with Crippen molar-refractivity contribution >= 4 is 34.0 Å². The highest BCUT2D eigenvalue weighted by Gasteiger charge is 2.25. The Morgan fingerprint density at radius 2 is 1.53 bits per heavy atom. The smallest absolute Gasteiger partial charge is 0.134 e. The van der Waals surface area contributed by atoms with Crippen LogP contribution in [0.1, 0.15) is 16.5 Å². The molecule has 0 spiro atoms. The Hall–Kier alpha value is -0.830. The zero-order chi connectivity index (χ0) is 13.8. The van der Waals surface area contributed by atoms with Gasteiger partial charge in [-0.15, -0.1) is 23.2 Å². The van der Waals surface area contributed by atoms with Crippen molar-refractivity contribution in [3.8, 4) is 0 Å². The molecule has 0 saturated heterocycles. The Morgan fingerprint density at radius 3 is 2.11 bits per heavy atom. The van der Waals surface area contributed by atoms with E-state index in [0.29, 0.717) is 4.90 Å². The highest BCUT2D eigenvalue weighted by Crippen LogP contribution is 2.32. The summed E-state index contributed by atoms with van der Waals surface area (Å²) in [6, 6.07) is 17.0. The van der Waals surface area contributed by atoms with E-state index in [-0.39, 0.29) is 0 Å². The number of hydrogen-bond donors (Lipinski definition) is 0. The number of halogens is 2. The Balaban J connectivity index is 2.17. The molecule has 100 valence electrons. The van der Waals surface area contributed by atoms with Gasteiger partial charge >= 0.3 is 0 Å². The van der Waals surface area contributed by atoms with Gasteiger partial charge in [0.05, 0.1) is 16.2 Å². The van der Waals surface area contributed by atoms with Crippen molar-refractivity contribution in [2.45, 2.75) is 21.9 Å². The summed E-state index contributed by atoms with van der Waals surface area (Å²) >= 11 is 12.6. The molecule has 2 rings (SSSR count). The van der Waals surface area contributed by atoms with Crippen LogP contribution in [0.5, 0.6) is 0 Å². The van der Waals surface area contributed by atoms with Gasteiger partial charge in [0.25, 0.3) is 0 Å². The third-order valence-electron chi connectivity index (χ3n) is 2.81. The fraction of sp³-hybridized carbons (Fsp3) is 0.200. The normalized spacial score (nSPS) is 15.7. The molecule has 0 amide bonds. The average molecular weight is 313 g/mol. The molecule has 2 aromatic rings. The van der Waals surface area contributed by atoms with Crippen LogP contribution < -0.4 is 0 Å². The summed E-state index contributed by atoms with van der Waals surface area (Å²) in [6.07, 6.45) is 0. The zero-order valence-corrected chi connectivity index (χ0v) is 12.8. The van der Waals surface area contributed by atoms with Crippen molar-refractivity contribution in [2.75, 3.05) is 0 Å². The molecule has 1 nitrogen and oxygen atoms in total. The van der Waals surface area contributed by atoms with Crippen molar-refractivity contribution in [3.63, 3.8) is 0 Å². The molecule has 0 radical (unpaired) electrons. The van der Waals surface area contributed by atoms with Gasteiger partial charge < -0.3 is 0 Å². The Morgan fingerprint density at radius 1 is 0.947 bits per heavy atom. The lowest BCUT2D eigenvalue weighted by molar-refractivity contribution is 0.679. The fourth-order valence-corrected chi connectivity index (χ4v) is 3.62. The Labute approximate surface area is 126 Å². The minimum absolute atomic E-state index is 0.481. The molecular formula is C15H14Cl2OS. The molecule has 0 aliphatic carbocycles. The third-order valence-corrected chi connectivity index (χ3v) is 5.74. The molecule has 0 aliphatic heterocycles. The highest BCUT2D eigenvalue weighted by molar-refractivity contribution is 7.87. The molecule has 0 saturated carbocycles. The first-order chi connectivity index (χ1) is 9.09. The molecule has 0 fully saturated rings. The molecule has 0 bridgehead atoms. The maximum absolute atomic E-state index is 12.4. The second kappa shape index (κ2) is 6.56. The summed E-state index contributed by atoms with van der Waals surface area (Å²) in [5, 5.41) is -0.481. The van der Waals surface area contributed by atoms with Crippen LogP contribution in [-0.2, 0) is 10.8 Å². The third kappa shape index (κ3) is 3.59. The largest absolute Gasteiger partial charge is 0.253 e. The van der Waals surface area contributed by atoms with Crippen LogP contribution >= 0.6 is 23.2 Å². The summed E-state index contributed by atoms with van der Waals surface area (Å²) in [6.45, 7) is 1.99. The van der Waals surface area contributed by atoms with Crippen LogP contribution in [0.3, 0.4) is 0 Å².